The highest BCUT2D eigenvalue weighted by Crippen LogP contribution is 2.30. The third-order valence-corrected chi connectivity index (χ3v) is 4.38. The molecule has 0 spiro atoms. The number of hydrogen-bond acceptors (Lipinski definition) is 4. The molecular weight excluding hydrogens is 314 g/mol. The molecule has 0 saturated carbocycles. The highest BCUT2D eigenvalue weighted by molar-refractivity contribution is 7.92. The van der Waals surface area contributed by atoms with Gasteiger partial charge in [0.05, 0.1) is 6.54 Å². The maximum absolute atomic E-state index is 12.0. The lowest BCUT2D eigenvalue weighted by Crippen LogP contribution is -2.40. The molecule has 120 valence electrons. The molecule has 1 N–H and O–H groups in total. The van der Waals surface area contributed by atoms with Crippen molar-refractivity contribution in [3.63, 3.8) is 0 Å². The molecule has 23 heavy (non-hydrogen) atoms. The summed E-state index contributed by atoms with van der Waals surface area (Å²) in [6.07, 6.45) is 1.19. The van der Waals surface area contributed by atoms with E-state index in [1.165, 1.54) is 0 Å². The van der Waals surface area contributed by atoms with Gasteiger partial charge in [0.1, 0.15) is 12.7 Å². The van der Waals surface area contributed by atoms with E-state index in [-0.39, 0.29) is 12.6 Å². The molecule has 0 aromatic heterocycles. The minimum Gasteiger partial charge on any atom is -0.486 e. The van der Waals surface area contributed by atoms with Gasteiger partial charge < -0.3 is 9.47 Å². The maximum Gasteiger partial charge on any atom is 0.233 e. The fourth-order valence-corrected chi connectivity index (χ4v) is 3.00. The van der Waals surface area contributed by atoms with Crippen LogP contribution in [0.4, 0.5) is 0 Å². The molecular formula is C17H17NO4S. The standard InChI is InChI=1S/C17H17NO4S/c19-23(20,11-10-14-6-2-1-3-7-14)18-12-15-13-21-16-8-4-5-9-17(16)22-15/h1-11,15,18H,12-13H2/b11-10-/t15-/m0/s1. The van der Waals surface area contributed by atoms with Gasteiger partial charge in [0.15, 0.2) is 11.5 Å². The first-order valence-electron chi connectivity index (χ1n) is 7.24. The van der Waals surface area contributed by atoms with E-state index in [1.807, 2.05) is 48.5 Å². The van der Waals surface area contributed by atoms with Crippen LogP contribution in [0.15, 0.2) is 60.0 Å². The molecule has 1 aliphatic rings. The maximum atomic E-state index is 12.0. The van der Waals surface area contributed by atoms with Crippen LogP contribution >= 0.6 is 0 Å². The second-order valence-electron chi connectivity index (χ2n) is 5.10. The number of nitrogens with one attached hydrogen (secondary N) is 1. The predicted molar refractivity (Wildman–Crippen MR) is 88.8 cm³/mol. The van der Waals surface area contributed by atoms with Crippen molar-refractivity contribution in [2.75, 3.05) is 13.2 Å². The van der Waals surface area contributed by atoms with Crippen molar-refractivity contribution in [2.45, 2.75) is 6.10 Å². The minimum absolute atomic E-state index is 0.149. The van der Waals surface area contributed by atoms with Crippen molar-refractivity contribution in [2.24, 2.45) is 0 Å². The topological polar surface area (TPSA) is 64.6 Å². The summed E-state index contributed by atoms with van der Waals surface area (Å²) in [7, 11) is -3.52. The number of sulfonamides is 1. The Morgan fingerprint density at radius 3 is 2.52 bits per heavy atom. The Bertz CT molecular complexity index is 787. The molecule has 0 aliphatic carbocycles. The molecule has 0 bridgehead atoms. The Balaban J connectivity index is 1.57. The van der Waals surface area contributed by atoms with Gasteiger partial charge in [0.2, 0.25) is 10.0 Å². The fraction of sp³-hybridized carbons (Fsp3) is 0.176. The summed E-state index contributed by atoms with van der Waals surface area (Å²) < 4.78 is 37.8. The van der Waals surface area contributed by atoms with Gasteiger partial charge in [-0.1, -0.05) is 42.5 Å². The van der Waals surface area contributed by atoms with Crippen LogP contribution in [-0.4, -0.2) is 27.7 Å². The van der Waals surface area contributed by atoms with Crippen molar-refractivity contribution in [1.29, 1.82) is 0 Å². The molecule has 5 nitrogen and oxygen atoms in total. The number of benzene rings is 2. The summed E-state index contributed by atoms with van der Waals surface area (Å²) >= 11 is 0. The summed E-state index contributed by atoms with van der Waals surface area (Å²) in [5, 5.41) is 1.15. The predicted octanol–water partition coefficient (Wildman–Crippen LogP) is 2.42. The van der Waals surface area contributed by atoms with Gasteiger partial charge in [-0.2, -0.15) is 0 Å². The van der Waals surface area contributed by atoms with E-state index in [9.17, 15) is 8.42 Å². The van der Waals surface area contributed by atoms with Crippen molar-refractivity contribution >= 4 is 16.1 Å². The Morgan fingerprint density at radius 1 is 1.04 bits per heavy atom. The van der Waals surface area contributed by atoms with E-state index in [0.717, 1.165) is 11.0 Å². The molecule has 3 rings (SSSR count). The largest absolute Gasteiger partial charge is 0.486 e. The second kappa shape index (κ2) is 6.85. The monoisotopic (exact) mass is 331 g/mol. The molecule has 1 atom stereocenters. The first kappa shape index (κ1) is 15.6. The first-order valence-corrected chi connectivity index (χ1v) is 8.78. The van der Waals surface area contributed by atoms with Crippen LogP contribution < -0.4 is 14.2 Å². The molecule has 2 aromatic carbocycles. The average Bonchev–Trinajstić information content (AvgIpc) is 2.59. The van der Waals surface area contributed by atoms with Gasteiger partial charge in [0.25, 0.3) is 0 Å². The van der Waals surface area contributed by atoms with Gasteiger partial charge in [-0.15, -0.1) is 0 Å². The highest BCUT2D eigenvalue weighted by atomic mass is 32.2. The summed E-state index contributed by atoms with van der Waals surface area (Å²) in [5.41, 5.74) is 0.823. The number of fused-ring (bicyclic) bond motifs is 1. The van der Waals surface area contributed by atoms with E-state index >= 15 is 0 Å². The number of para-hydroxylation sites is 2. The normalized spacial score (nSPS) is 17.3. The third-order valence-electron chi connectivity index (χ3n) is 3.32. The smallest absolute Gasteiger partial charge is 0.233 e. The minimum atomic E-state index is -3.52. The number of ether oxygens (including phenoxy) is 2. The van der Waals surface area contributed by atoms with E-state index in [0.29, 0.717) is 18.1 Å². The Hall–Kier alpha value is -2.31. The van der Waals surface area contributed by atoms with Crippen molar-refractivity contribution < 1.29 is 17.9 Å². The second-order valence-corrected chi connectivity index (χ2v) is 6.76. The van der Waals surface area contributed by atoms with Gasteiger partial charge in [-0.3, -0.25) is 0 Å². The lowest BCUT2D eigenvalue weighted by Gasteiger charge is -2.26. The van der Waals surface area contributed by atoms with Crippen LogP contribution in [0.1, 0.15) is 5.56 Å². The van der Waals surface area contributed by atoms with E-state index in [1.54, 1.807) is 12.1 Å². The first-order chi connectivity index (χ1) is 11.1. The molecule has 2 aromatic rings. The number of hydrogen-bond donors (Lipinski definition) is 1. The van der Waals surface area contributed by atoms with Crippen molar-refractivity contribution in [1.82, 2.24) is 4.72 Å². The molecule has 0 amide bonds. The number of rotatable bonds is 5. The summed E-state index contributed by atoms with van der Waals surface area (Å²) in [4.78, 5) is 0. The van der Waals surface area contributed by atoms with E-state index in [2.05, 4.69) is 4.72 Å². The quantitative estimate of drug-likeness (QED) is 0.914. The highest BCUT2D eigenvalue weighted by Gasteiger charge is 2.21. The van der Waals surface area contributed by atoms with Crippen molar-refractivity contribution in [3.05, 3.63) is 65.6 Å². The van der Waals surface area contributed by atoms with Gasteiger partial charge in [0, 0.05) is 5.41 Å². The average molecular weight is 331 g/mol. The van der Waals surface area contributed by atoms with Gasteiger partial charge >= 0.3 is 0 Å². The fourth-order valence-electron chi connectivity index (χ4n) is 2.15. The zero-order valence-corrected chi connectivity index (χ0v) is 13.2. The van der Waals surface area contributed by atoms with Crippen LogP contribution in [0.25, 0.3) is 6.08 Å². The molecule has 6 heteroatoms. The van der Waals surface area contributed by atoms with Crippen LogP contribution in [-0.2, 0) is 10.0 Å². The van der Waals surface area contributed by atoms with Crippen molar-refractivity contribution in [3.8, 4) is 11.5 Å². The molecule has 0 fully saturated rings. The lowest BCUT2D eigenvalue weighted by molar-refractivity contribution is 0.0943. The Labute approximate surface area is 135 Å². The van der Waals surface area contributed by atoms with Crippen LogP contribution in [0, 0.1) is 0 Å². The summed E-state index contributed by atoms with van der Waals surface area (Å²) in [5.74, 6) is 1.30. The van der Waals surface area contributed by atoms with Gasteiger partial charge in [-0.05, 0) is 23.8 Å². The summed E-state index contributed by atoms with van der Waals surface area (Å²) in [6.45, 7) is 0.456. The zero-order chi connectivity index (χ0) is 16.1. The molecule has 1 aliphatic heterocycles. The summed E-state index contributed by atoms with van der Waals surface area (Å²) in [6, 6.07) is 16.6. The molecule has 0 radical (unpaired) electrons. The van der Waals surface area contributed by atoms with Gasteiger partial charge in [-0.25, -0.2) is 13.1 Å². The molecule has 0 unspecified atom stereocenters. The van der Waals surface area contributed by atoms with E-state index in [4.69, 9.17) is 9.47 Å². The van der Waals surface area contributed by atoms with Crippen LogP contribution in [0.2, 0.25) is 0 Å². The lowest BCUT2D eigenvalue weighted by atomic mass is 10.2. The zero-order valence-electron chi connectivity index (χ0n) is 12.4. The SMILES string of the molecule is O=S(=O)(/C=C\c1ccccc1)NC[C@H]1COc2ccccc2O1. The van der Waals surface area contributed by atoms with Crippen LogP contribution in [0.5, 0.6) is 11.5 Å². The van der Waals surface area contributed by atoms with Crippen LogP contribution in [0.3, 0.4) is 0 Å². The molecule has 1 heterocycles. The Morgan fingerprint density at radius 2 is 1.74 bits per heavy atom. The van der Waals surface area contributed by atoms with E-state index < -0.39 is 10.0 Å². The Kier molecular flexibility index (Phi) is 4.64. The third kappa shape index (κ3) is 4.34. The molecule has 0 saturated heterocycles.